The average Bonchev–Trinajstić information content (AvgIpc) is 3.22. The van der Waals surface area contributed by atoms with E-state index < -0.39 is 0 Å². The van der Waals surface area contributed by atoms with Gasteiger partial charge in [0.25, 0.3) is 5.91 Å². The molecular weight excluding hydrogens is 406 g/mol. The van der Waals surface area contributed by atoms with E-state index in [4.69, 9.17) is 4.42 Å². The highest BCUT2D eigenvalue weighted by atomic mass is 16.3. The molecule has 33 heavy (non-hydrogen) atoms. The maximum absolute atomic E-state index is 12.6. The van der Waals surface area contributed by atoms with Crippen molar-refractivity contribution in [3.05, 3.63) is 92.9 Å². The lowest BCUT2D eigenvalue weighted by Crippen LogP contribution is -2.34. The van der Waals surface area contributed by atoms with Gasteiger partial charge in [0.1, 0.15) is 5.76 Å². The van der Waals surface area contributed by atoms with Crippen LogP contribution in [-0.2, 0) is 23.8 Å². The van der Waals surface area contributed by atoms with E-state index in [1.165, 1.54) is 46.2 Å². The molecule has 0 unspecified atom stereocenters. The highest BCUT2D eigenvalue weighted by Crippen LogP contribution is 2.46. The van der Waals surface area contributed by atoms with Crippen LogP contribution in [0.4, 0.5) is 0 Å². The first-order valence-corrected chi connectivity index (χ1v) is 12.0. The molecule has 3 heteroatoms. The predicted molar refractivity (Wildman–Crippen MR) is 135 cm³/mol. The van der Waals surface area contributed by atoms with E-state index in [0.717, 1.165) is 11.3 Å². The quantitative estimate of drug-likeness (QED) is 0.458. The molecule has 1 aromatic heterocycles. The average molecular weight is 444 g/mol. The number of benzene rings is 2. The minimum absolute atomic E-state index is 0.176. The van der Waals surface area contributed by atoms with Gasteiger partial charge in [-0.25, -0.2) is 0 Å². The highest BCUT2D eigenvalue weighted by Gasteiger charge is 2.37. The van der Waals surface area contributed by atoms with Crippen molar-refractivity contribution in [2.45, 2.75) is 85.1 Å². The van der Waals surface area contributed by atoms with Crippen LogP contribution in [0.3, 0.4) is 0 Å². The Morgan fingerprint density at radius 3 is 2.18 bits per heavy atom. The third-order valence-electron chi connectivity index (χ3n) is 7.58. The summed E-state index contributed by atoms with van der Waals surface area (Å²) in [7, 11) is 0. The van der Waals surface area contributed by atoms with Crippen molar-refractivity contribution in [1.29, 1.82) is 0 Å². The highest BCUT2D eigenvalue weighted by molar-refractivity contribution is 5.91. The topological polar surface area (TPSA) is 42.2 Å². The summed E-state index contributed by atoms with van der Waals surface area (Å²) in [6.45, 7) is 16.3. The molecule has 0 atom stereocenters. The predicted octanol–water partition coefficient (Wildman–Crippen LogP) is 7.07. The standard InChI is InChI=1S/C30H37NO2/c1-19-8-9-22(14-20(19)2)18-31-28(32)27-11-10-24(33-27)16-23-17-26-25(15-21(23)3)29(4,5)12-13-30(26,6)7/h8-11,14-15,17H,12-13,16,18H2,1-7H3,(H,31,32). The summed E-state index contributed by atoms with van der Waals surface area (Å²) in [6, 6.07) is 14.7. The van der Waals surface area contributed by atoms with Gasteiger partial charge in [-0.3, -0.25) is 4.79 Å². The van der Waals surface area contributed by atoms with Crippen molar-refractivity contribution in [3.63, 3.8) is 0 Å². The fourth-order valence-corrected chi connectivity index (χ4v) is 4.92. The summed E-state index contributed by atoms with van der Waals surface area (Å²) in [5, 5.41) is 2.98. The van der Waals surface area contributed by atoms with E-state index in [-0.39, 0.29) is 16.7 Å². The van der Waals surface area contributed by atoms with Gasteiger partial charge < -0.3 is 9.73 Å². The molecule has 1 N–H and O–H groups in total. The second kappa shape index (κ2) is 8.52. The molecule has 174 valence electrons. The van der Waals surface area contributed by atoms with Crippen molar-refractivity contribution in [2.24, 2.45) is 0 Å². The number of carbonyl (C=O) groups is 1. The number of hydrogen-bond donors (Lipinski definition) is 1. The first-order chi connectivity index (χ1) is 15.5. The Labute approximate surface area is 198 Å². The van der Waals surface area contributed by atoms with Crippen LogP contribution in [-0.4, -0.2) is 5.91 Å². The van der Waals surface area contributed by atoms with Crippen molar-refractivity contribution >= 4 is 5.91 Å². The lowest BCUT2D eigenvalue weighted by Gasteiger charge is -2.42. The van der Waals surface area contributed by atoms with E-state index in [0.29, 0.717) is 18.7 Å². The molecule has 0 radical (unpaired) electrons. The van der Waals surface area contributed by atoms with Crippen LogP contribution in [0.1, 0.15) is 95.8 Å². The summed E-state index contributed by atoms with van der Waals surface area (Å²) in [5.74, 6) is 1.01. The zero-order chi connectivity index (χ0) is 24.0. The van der Waals surface area contributed by atoms with E-state index in [1.807, 2.05) is 6.07 Å². The maximum Gasteiger partial charge on any atom is 0.287 e. The van der Waals surface area contributed by atoms with E-state index >= 15 is 0 Å². The van der Waals surface area contributed by atoms with Crippen molar-refractivity contribution in [3.8, 4) is 0 Å². The van der Waals surface area contributed by atoms with Gasteiger partial charge in [-0.1, -0.05) is 58.0 Å². The van der Waals surface area contributed by atoms with Gasteiger partial charge in [-0.15, -0.1) is 0 Å². The molecule has 0 bridgehead atoms. The van der Waals surface area contributed by atoms with Crippen LogP contribution in [0.15, 0.2) is 46.9 Å². The Kier molecular flexibility index (Phi) is 6.03. The Morgan fingerprint density at radius 1 is 0.848 bits per heavy atom. The summed E-state index contributed by atoms with van der Waals surface area (Å²) >= 11 is 0. The van der Waals surface area contributed by atoms with Gasteiger partial charge >= 0.3 is 0 Å². The number of hydrogen-bond acceptors (Lipinski definition) is 2. The zero-order valence-corrected chi connectivity index (χ0v) is 21.2. The molecular formula is C30H37NO2. The molecule has 2 aromatic carbocycles. The summed E-state index contributed by atoms with van der Waals surface area (Å²) in [4.78, 5) is 12.6. The minimum Gasteiger partial charge on any atom is -0.456 e. The summed E-state index contributed by atoms with van der Waals surface area (Å²) in [6.07, 6.45) is 3.10. The fraction of sp³-hybridized carbons (Fsp3) is 0.433. The number of amides is 1. The van der Waals surface area contributed by atoms with Gasteiger partial charge in [-0.2, -0.15) is 0 Å². The molecule has 0 saturated heterocycles. The second-order valence-corrected chi connectivity index (χ2v) is 11.1. The van der Waals surface area contributed by atoms with Gasteiger partial charge in [0.05, 0.1) is 0 Å². The third-order valence-corrected chi connectivity index (χ3v) is 7.58. The van der Waals surface area contributed by atoms with Crippen LogP contribution in [0.2, 0.25) is 0 Å². The molecule has 1 aliphatic carbocycles. The van der Waals surface area contributed by atoms with Crippen LogP contribution < -0.4 is 5.32 Å². The number of fused-ring (bicyclic) bond motifs is 1. The number of aryl methyl sites for hydroxylation is 3. The fourth-order valence-electron chi connectivity index (χ4n) is 4.92. The number of carbonyl (C=O) groups excluding carboxylic acids is 1. The van der Waals surface area contributed by atoms with Gasteiger partial charge in [0.2, 0.25) is 0 Å². The van der Waals surface area contributed by atoms with E-state index in [2.05, 4.69) is 84.1 Å². The monoisotopic (exact) mass is 443 g/mol. The van der Waals surface area contributed by atoms with Crippen LogP contribution in [0, 0.1) is 20.8 Å². The summed E-state index contributed by atoms with van der Waals surface area (Å²) < 4.78 is 5.96. The lowest BCUT2D eigenvalue weighted by molar-refractivity contribution is 0.0921. The summed E-state index contributed by atoms with van der Waals surface area (Å²) in [5.41, 5.74) is 9.46. The first kappa shape index (κ1) is 23.4. The Morgan fingerprint density at radius 2 is 1.52 bits per heavy atom. The number of nitrogens with one attached hydrogen (secondary N) is 1. The normalized spacial score (nSPS) is 16.3. The van der Waals surface area contributed by atoms with Crippen molar-refractivity contribution in [2.75, 3.05) is 0 Å². The Hall–Kier alpha value is -2.81. The maximum atomic E-state index is 12.6. The minimum atomic E-state index is -0.176. The lowest BCUT2D eigenvalue weighted by atomic mass is 9.62. The molecule has 0 fully saturated rings. The van der Waals surface area contributed by atoms with Crippen LogP contribution in [0.5, 0.6) is 0 Å². The second-order valence-electron chi connectivity index (χ2n) is 11.1. The largest absolute Gasteiger partial charge is 0.456 e. The number of rotatable bonds is 5. The molecule has 1 heterocycles. The van der Waals surface area contributed by atoms with E-state index in [9.17, 15) is 4.79 Å². The molecule has 3 aromatic rings. The third kappa shape index (κ3) is 4.78. The molecule has 0 spiro atoms. The molecule has 1 aliphatic rings. The van der Waals surface area contributed by atoms with E-state index in [1.54, 1.807) is 6.07 Å². The Balaban J connectivity index is 1.49. The molecule has 4 rings (SSSR count). The van der Waals surface area contributed by atoms with Gasteiger partial charge in [0.15, 0.2) is 5.76 Å². The van der Waals surface area contributed by atoms with Gasteiger partial charge in [0, 0.05) is 13.0 Å². The van der Waals surface area contributed by atoms with Crippen LogP contribution >= 0.6 is 0 Å². The number of furan rings is 1. The molecule has 0 aliphatic heterocycles. The molecule has 3 nitrogen and oxygen atoms in total. The first-order valence-electron chi connectivity index (χ1n) is 12.0. The van der Waals surface area contributed by atoms with Crippen molar-refractivity contribution < 1.29 is 9.21 Å². The zero-order valence-electron chi connectivity index (χ0n) is 21.2. The SMILES string of the molecule is Cc1ccc(CNC(=O)c2ccc(Cc3cc4c(cc3C)C(C)(C)CCC4(C)C)o2)cc1C. The van der Waals surface area contributed by atoms with Crippen molar-refractivity contribution in [1.82, 2.24) is 5.32 Å². The Bertz CT molecular complexity index is 1200. The smallest absolute Gasteiger partial charge is 0.287 e. The van der Waals surface area contributed by atoms with Crippen LogP contribution in [0.25, 0.3) is 0 Å². The molecule has 0 saturated carbocycles. The van der Waals surface area contributed by atoms with Gasteiger partial charge in [-0.05, 0) is 95.5 Å². The molecule has 1 amide bonds.